The maximum absolute atomic E-state index is 12.3. The van der Waals surface area contributed by atoms with E-state index in [9.17, 15) is 14.7 Å². The quantitative estimate of drug-likeness (QED) is 0.655. The fraction of sp³-hybridized carbons (Fsp3) is 0.444. The lowest BCUT2D eigenvalue weighted by atomic mass is 9.95. The number of rotatable bonds is 5. The van der Waals surface area contributed by atoms with Gasteiger partial charge in [-0.3, -0.25) is 4.79 Å². The predicted molar refractivity (Wildman–Crippen MR) is 88.0 cm³/mol. The Morgan fingerprint density at radius 1 is 1.22 bits per heavy atom. The highest BCUT2D eigenvalue weighted by molar-refractivity contribution is 5.98. The van der Waals surface area contributed by atoms with E-state index in [1.54, 1.807) is 12.1 Å². The second-order valence-electron chi connectivity index (χ2n) is 6.13. The van der Waals surface area contributed by atoms with Crippen molar-refractivity contribution in [3.8, 4) is 5.75 Å². The molecule has 0 atom stereocenters. The molecule has 1 aliphatic rings. The molecular formula is C18H21NO4. The summed E-state index contributed by atoms with van der Waals surface area (Å²) < 4.78 is 5.13. The Morgan fingerprint density at radius 2 is 2.00 bits per heavy atom. The van der Waals surface area contributed by atoms with E-state index in [1.807, 2.05) is 0 Å². The van der Waals surface area contributed by atoms with E-state index < -0.39 is 5.63 Å². The molecule has 1 heterocycles. The van der Waals surface area contributed by atoms with Gasteiger partial charge in [0.05, 0.1) is 0 Å². The molecule has 2 aromatic rings. The number of carbonyl (C=O) groups is 1. The Kier molecular flexibility index (Phi) is 4.76. The smallest absolute Gasteiger partial charge is 0.347 e. The molecule has 3 rings (SSSR count). The van der Waals surface area contributed by atoms with Crippen molar-refractivity contribution >= 4 is 16.8 Å². The first kappa shape index (κ1) is 15.7. The van der Waals surface area contributed by atoms with Gasteiger partial charge in [0.15, 0.2) is 5.78 Å². The molecule has 122 valence electrons. The van der Waals surface area contributed by atoms with Crippen molar-refractivity contribution in [3.63, 3.8) is 0 Å². The van der Waals surface area contributed by atoms with Crippen LogP contribution < -0.4 is 10.9 Å². The van der Waals surface area contributed by atoms with Gasteiger partial charge in [0.2, 0.25) is 0 Å². The lowest BCUT2D eigenvalue weighted by Crippen LogP contribution is -2.33. The third kappa shape index (κ3) is 3.79. The molecule has 1 aromatic carbocycles. The summed E-state index contributed by atoms with van der Waals surface area (Å²) in [4.78, 5) is 24.2. The molecule has 0 amide bonds. The zero-order chi connectivity index (χ0) is 16.2. The van der Waals surface area contributed by atoms with Gasteiger partial charge in [-0.1, -0.05) is 19.3 Å². The third-order valence-corrected chi connectivity index (χ3v) is 4.41. The fourth-order valence-corrected chi connectivity index (χ4v) is 3.13. The minimum absolute atomic E-state index is 0.0245. The van der Waals surface area contributed by atoms with Gasteiger partial charge >= 0.3 is 5.63 Å². The molecule has 5 heteroatoms. The Hall–Kier alpha value is -2.14. The fourth-order valence-electron chi connectivity index (χ4n) is 3.13. The molecule has 23 heavy (non-hydrogen) atoms. The number of benzene rings is 1. The van der Waals surface area contributed by atoms with Gasteiger partial charge in [-0.2, -0.15) is 0 Å². The van der Waals surface area contributed by atoms with Gasteiger partial charge in [0.25, 0.3) is 0 Å². The summed E-state index contributed by atoms with van der Waals surface area (Å²) in [5.41, 5.74) is -0.286. The number of carbonyl (C=O) groups excluding carboxylic acids is 1. The lowest BCUT2D eigenvalue weighted by Gasteiger charge is -2.22. The van der Waals surface area contributed by atoms with Crippen molar-refractivity contribution in [1.82, 2.24) is 5.32 Å². The zero-order valence-corrected chi connectivity index (χ0v) is 13.0. The maximum Gasteiger partial charge on any atom is 0.347 e. The molecule has 1 fully saturated rings. The topological polar surface area (TPSA) is 79.5 Å². The lowest BCUT2D eigenvalue weighted by molar-refractivity contribution is 0.0977. The van der Waals surface area contributed by atoms with Crippen LogP contribution in [0.3, 0.4) is 0 Å². The van der Waals surface area contributed by atoms with Crippen LogP contribution in [-0.4, -0.2) is 23.5 Å². The second-order valence-corrected chi connectivity index (χ2v) is 6.13. The summed E-state index contributed by atoms with van der Waals surface area (Å²) >= 11 is 0. The molecule has 5 nitrogen and oxygen atoms in total. The zero-order valence-electron chi connectivity index (χ0n) is 13.0. The number of Topliss-reactive ketones (excluding diaryl/α,β-unsaturated/α-hetero) is 1. The van der Waals surface area contributed by atoms with E-state index in [1.165, 1.54) is 31.4 Å². The van der Waals surface area contributed by atoms with E-state index in [4.69, 9.17) is 4.42 Å². The first-order valence-electron chi connectivity index (χ1n) is 8.17. The van der Waals surface area contributed by atoms with Gasteiger partial charge in [0.1, 0.15) is 16.9 Å². The number of aromatic hydroxyl groups is 1. The second kappa shape index (κ2) is 6.96. The summed E-state index contributed by atoms with van der Waals surface area (Å²) in [6.07, 6.45) is 6.39. The van der Waals surface area contributed by atoms with Crippen molar-refractivity contribution < 1.29 is 14.3 Å². The molecule has 0 unspecified atom stereocenters. The van der Waals surface area contributed by atoms with Crippen LogP contribution in [-0.2, 0) is 0 Å². The van der Waals surface area contributed by atoms with Gasteiger partial charge in [-0.15, -0.1) is 0 Å². The molecule has 0 spiro atoms. The van der Waals surface area contributed by atoms with Crippen LogP contribution in [0, 0.1) is 0 Å². The summed E-state index contributed by atoms with van der Waals surface area (Å²) in [6.45, 7) is 0.580. The monoisotopic (exact) mass is 315 g/mol. The Labute approximate surface area is 134 Å². The van der Waals surface area contributed by atoms with Crippen LogP contribution >= 0.6 is 0 Å². The Balaban J connectivity index is 1.66. The molecule has 1 aromatic heterocycles. The number of fused-ring (bicyclic) bond motifs is 1. The molecular weight excluding hydrogens is 294 g/mol. The first-order valence-corrected chi connectivity index (χ1v) is 8.17. The summed E-state index contributed by atoms with van der Waals surface area (Å²) in [6, 6.07) is 6.54. The van der Waals surface area contributed by atoms with E-state index in [0.717, 1.165) is 12.8 Å². The number of hydrogen-bond donors (Lipinski definition) is 2. The van der Waals surface area contributed by atoms with E-state index >= 15 is 0 Å². The highest BCUT2D eigenvalue weighted by Crippen LogP contribution is 2.20. The molecule has 0 bridgehead atoms. The maximum atomic E-state index is 12.3. The Morgan fingerprint density at radius 3 is 2.78 bits per heavy atom. The van der Waals surface area contributed by atoms with Crippen molar-refractivity contribution in [2.24, 2.45) is 0 Å². The highest BCUT2D eigenvalue weighted by Gasteiger charge is 2.16. The molecule has 0 saturated heterocycles. The molecule has 0 aliphatic heterocycles. The van der Waals surface area contributed by atoms with Crippen molar-refractivity contribution in [2.45, 2.75) is 44.6 Å². The molecule has 2 N–H and O–H groups in total. The number of phenolic OH excluding ortho intramolecular Hbond substituents is 1. The number of hydrogen-bond acceptors (Lipinski definition) is 5. The van der Waals surface area contributed by atoms with Crippen molar-refractivity contribution in [3.05, 3.63) is 40.2 Å². The van der Waals surface area contributed by atoms with Gasteiger partial charge in [0, 0.05) is 30.5 Å². The molecule has 1 aliphatic carbocycles. The van der Waals surface area contributed by atoms with Gasteiger partial charge < -0.3 is 14.8 Å². The van der Waals surface area contributed by atoms with Gasteiger partial charge in [-0.25, -0.2) is 4.79 Å². The Bertz CT molecular complexity index is 759. The summed E-state index contributed by atoms with van der Waals surface area (Å²) in [5, 5.41) is 13.4. The number of phenols is 1. The normalized spacial score (nSPS) is 15.8. The largest absolute Gasteiger partial charge is 0.508 e. The number of ketones is 1. The molecule has 1 saturated carbocycles. The van der Waals surface area contributed by atoms with Crippen LogP contribution in [0.1, 0.15) is 48.9 Å². The summed E-state index contributed by atoms with van der Waals surface area (Å²) in [7, 11) is 0. The van der Waals surface area contributed by atoms with E-state index in [2.05, 4.69) is 5.32 Å². The minimum Gasteiger partial charge on any atom is -0.508 e. The van der Waals surface area contributed by atoms with Gasteiger partial charge in [-0.05, 0) is 31.0 Å². The van der Waals surface area contributed by atoms with E-state index in [0.29, 0.717) is 18.0 Å². The minimum atomic E-state index is -0.647. The average Bonchev–Trinajstić information content (AvgIpc) is 2.55. The first-order chi connectivity index (χ1) is 11.1. The van der Waals surface area contributed by atoms with Crippen LogP contribution in [0.4, 0.5) is 0 Å². The van der Waals surface area contributed by atoms with Crippen molar-refractivity contribution in [2.75, 3.05) is 6.54 Å². The summed E-state index contributed by atoms with van der Waals surface area (Å²) in [5.74, 6) is -0.187. The van der Waals surface area contributed by atoms with Crippen LogP contribution in [0.25, 0.3) is 11.0 Å². The average molecular weight is 315 g/mol. The predicted octanol–water partition coefficient (Wildman–Crippen LogP) is 2.99. The van der Waals surface area contributed by atoms with E-state index in [-0.39, 0.29) is 29.1 Å². The highest BCUT2D eigenvalue weighted by atomic mass is 16.4. The van der Waals surface area contributed by atoms with Crippen LogP contribution in [0.5, 0.6) is 5.75 Å². The molecule has 0 radical (unpaired) electrons. The van der Waals surface area contributed by atoms with Crippen molar-refractivity contribution in [1.29, 1.82) is 0 Å². The number of nitrogens with one attached hydrogen (secondary N) is 1. The van der Waals surface area contributed by atoms with Crippen LogP contribution in [0.2, 0.25) is 0 Å². The standard InChI is InChI=1S/C18H21NO4/c20-14-7-6-12-10-15(18(22)23-17(12)11-14)16(21)8-9-19-13-4-2-1-3-5-13/h6-7,10-11,13,19-20H,1-5,8-9H2. The third-order valence-electron chi connectivity index (χ3n) is 4.41. The SMILES string of the molecule is O=C(CCNC1CCCCC1)c1cc2ccc(O)cc2oc1=O. The van der Waals surface area contributed by atoms with Crippen LogP contribution in [0.15, 0.2) is 33.5 Å².